The minimum Gasteiger partial charge on any atom is -0.309 e. The first kappa shape index (κ1) is 8.75. The minimum absolute atomic E-state index is 0.687. The topological polar surface area (TPSA) is 15.3 Å². The predicted octanol–water partition coefficient (Wildman–Crippen LogP) is 0.856. The second kappa shape index (κ2) is 4.52. The summed E-state index contributed by atoms with van der Waals surface area (Å²) in [4.78, 5) is 2.38. The lowest BCUT2D eigenvalue weighted by molar-refractivity contribution is 0.231. The van der Waals surface area contributed by atoms with E-state index in [-0.39, 0.29) is 0 Å². The zero-order chi connectivity index (χ0) is 8.10. The molecule has 11 heavy (non-hydrogen) atoms. The van der Waals surface area contributed by atoms with Crippen LogP contribution in [0.1, 0.15) is 12.8 Å². The Bertz CT molecular complexity index is 123. The van der Waals surface area contributed by atoms with Gasteiger partial charge in [-0.25, -0.2) is 0 Å². The lowest BCUT2D eigenvalue weighted by atomic mass is 10.1. The van der Waals surface area contributed by atoms with Gasteiger partial charge >= 0.3 is 0 Å². The minimum atomic E-state index is 0.687. The fourth-order valence-electron chi connectivity index (χ4n) is 1.58. The maximum atomic E-state index is 3.69. The van der Waals surface area contributed by atoms with E-state index in [2.05, 4.69) is 23.8 Å². The molecule has 2 heteroatoms. The molecule has 0 saturated carbocycles. The quantitative estimate of drug-likeness (QED) is 0.606. The van der Waals surface area contributed by atoms with Crippen molar-refractivity contribution in [2.75, 3.05) is 26.7 Å². The molecule has 0 aromatic carbocycles. The fourth-order valence-corrected chi connectivity index (χ4v) is 1.58. The van der Waals surface area contributed by atoms with E-state index in [4.69, 9.17) is 0 Å². The van der Waals surface area contributed by atoms with E-state index in [0.717, 1.165) is 6.54 Å². The van der Waals surface area contributed by atoms with Crippen LogP contribution in [-0.4, -0.2) is 37.6 Å². The summed E-state index contributed by atoms with van der Waals surface area (Å²) in [5, 5.41) is 3.44. The Kier molecular flexibility index (Phi) is 3.60. The SMILES string of the molecule is C=CCNC1CCCN(C)C1. The second-order valence-corrected chi connectivity index (χ2v) is 3.30. The van der Waals surface area contributed by atoms with Crippen molar-refractivity contribution in [1.82, 2.24) is 10.2 Å². The molecule has 0 aromatic rings. The molecule has 1 atom stereocenters. The van der Waals surface area contributed by atoms with Gasteiger partial charge in [0.05, 0.1) is 0 Å². The van der Waals surface area contributed by atoms with Gasteiger partial charge in [-0.15, -0.1) is 6.58 Å². The van der Waals surface area contributed by atoms with Gasteiger partial charge in [0.25, 0.3) is 0 Å². The van der Waals surface area contributed by atoms with E-state index < -0.39 is 0 Å². The number of nitrogens with one attached hydrogen (secondary N) is 1. The van der Waals surface area contributed by atoms with Gasteiger partial charge in [-0.05, 0) is 26.4 Å². The van der Waals surface area contributed by atoms with Crippen molar-refractivity contribution in [2.45, 2.75) is 18.9 Å². The highest BCUT2D eigenvalue weighted by molar-refractivity contribution is 4.80. The zero-order valence-corrected chi connectivity index (χ0v) is 7.34. The molecular weight excluding hydrogens is 136 g/mol. The molecule has 1 heterocycles. The van der Waals surface area contributed by atoms with Gasteiger partial charge in [-0.2, -0.15) is 0 Å². The summed E-state index contributed by atoms with van der Waals surface area (Å²) in [6.45, 7) is 7.08. The summed E-state index contributed by atoms with van der Waals surface area (Å²) in [5.41, 5.74) is 0. The first-order valence-electron chi connectivity index (χ1n) is 4.35. The van der Waals surface area contributed by atoms with E-state index in [1.54, 1.807) is 0 Å². The lowest BCUT2D eigenvalue weighted by Gasteiger charge is -2.29. The zero-order valence-electron chi connectivity index (χ0n) is 7.34. The monoisotopic (exact) mass is 154 g/mol. The van der Waals surface area contributed by atoms with E-state index in [1.807, 2.05) is 6.08 Å². The molecule has 1 unspecified atom stereocenters. The number of piperidine rings is 1. The Morgan fingerprint density at radius 3 is 3.18 bits per heavy atom. The summed E-state index contributed by atoms with van der Waals surface area (Å²) in [6.07, 6.45) is 4.57. The highest BCUT2D eigenvalue weighted by Gasteiger charge is 2.14. The highest BCUT2D eigenvalue weighted by atomic mass is 15.1. The van der Waals surface area contributed by atoms with Crippen LogP contribution in [0.2, 0.25) is 0 Å². The molecule has 0 aliphatic carbocycles. The smallest absolute Gasteiger partial charge is 0.0198 e. The number of hydrogen-bond donors (Lipinski definition) is 1. The van der Waals surface area contributed by atoms with Crippen molar-refractivity contribution < 1.29 is 0 Å². The van der Waals surface area contributed by atoms with Crippen LogP contribution in [0.25, 0.3) is 0 Å². The molecule has 1 aliphatic rings. The largest absolute Gasteiger partial charge is 0.309 e. The van der Waals surface area contributed by atoms with Crippen molar-refractivity contribution in [2.24, 2.45) is 0 Å². The van der Waals surface area contributed by atoms with Crippen LogP contribution >= 0.6 is 0 Å². The van der Waals surface area contributed by atoms with Crippen molar-refractivity contribution in [3.63, 3.8) is 0 Å². The van der Waals surface area contributed by atoms with Crippen molar-refractivity contribution in [3.8, 4) is 0 Å². The lowest BCUT2D eigenvalue weighted by Crippen LogP contribution is -2.43. The van der Waals surface area contributed by atoms with Gasteiger partial charge in [0.15, 0.2) is 0 Å². The molecule has 0 spiro atoms. The average molecular weight is 154 g/mol. The highest BCUT2D eigenvalue weighted by Crippen LogP contribution is 2.06. The normalized spacial score (nSPS) is 26.8. The third kappa shape index (κ3) is 3.04. The Labute approximate surface area is 69.3 Å². The number of hydrogen-bond acceptors (Lipinski definition) is 2. The average Bonchev–Trinajstić information content (AvgIpc) is 2.01. The summed E-state index contributed by atoms with van der Waals surface area (Å²) in [5.74, 6) is 0. The number of likely N-dealkylation sites (tertiary alicyclic amines) is 1. The number of likely N-dealkylation sites (N-methyl/N-ethyl adjacent to an activating group) is 1. The molecule has 0 amide bonds. The van der Waals surface area contributed by atoms with Crippen LogP contribution in [-0.2, 0) is 0 Å². The van der Waals surface area contributed by atoms with Crippen LogP contribution < -0.4 is 5.32 Å². The second-order valence-electron chi connectivity index (χ2n) is 3.30. The van der Waals surface area contributed by atoms with E-state index >= 15 is 0 Å². The van der Waals surface area contributed by atoms with Crippen molar-refractivity contribution in [3.05, 3.63) is 12.7 Å². The van der Waals surface area contributed by atoms with Crippen LogP contribution in [0.5, 0.6) is 0 Å². The maximum absolute atomic E-state index is 3.69. The molecule has 0 aromatic heterocycles. The first-order chi connectivity index (χ1) is 5.33. The molecular formula is C9H18N2. The van der Waals surface area contributed by atoms with Crippen LogP contribution in [0.4, 0.5) is 0 Å². The standard InChI is InChI=1S/C9H18N2/c1-3-6-10-9-5-4-7-11(2)8-9/h3,9-10H,1,4-8H2,2H3. The molecule has 2 nitrogen and oxygen atoms in total. The van der Waals surface area contributed by atoms with Gasteiger partial charge < -0.3 is 10.2 Å². The Balaban J connectivity index is 2.17. The third-order valence-corrected chi connectivity index (χ3v) is 2.18. The first-order valence-corrected chi connectivity index (χ1v) is 4.35. The van der Waals surface area contributed by atoms with Gasteiger partial charge in [0.2, 0.25) is 0 Å². The number of rotatable bonds is 3. The Morgan fingerprint density at radius 2 is 2.55 bits per heavy atom. The summed E-state index contributed by atoms with van der Waals surface area (Å²) >= 11 is 0. The van der Waals surface area contributed by atoms with Crippen LogP contribution in [0.3, 0.4) is 0 Å². The molecule has 1 N–H and O–H groups in total. The van der Waals surface area contributed by atoms with Crippen LogP contribution in [0, 0.1) is 0 Å². The summed E-state index contributed by atoms with van der Waals surface area (Å²) in [6, 6.07) is 0.687. The predicted molar refractivity (Wildman–Crippen MR) is 48.7 cm³/mol. The molecule has 1 aliphatic heterocycles. The molecule has 1 saturated heterocycles. The van der Waals surface area contributed by atoms with Gasteiger partial charge in [-0.1, -0.05) is 6.08 Å². The Morgan fingerprint density at radius 1 is 1.73 bits per heavy atom. The van der Waals surface area contributed by atoms with Gasteiger partial charge in [0, 0.05) is 19.1 Å². The van der Waals surface area contributed by atoms with Gasteiger partial charge in [0.1, 0.15) is 0 Å². The fraction of sp³-hybridized carbons (Fsp3) is 0.778. The third-order valence-electron chi connectivity index (χ3n) is 2.18. The molecule has 1 rings (SSSR count). The van der Waals surface area contributed by atoms with Gasteiger partial charge in [-0.3, -0.25) is 0 Å². The summed E-state index contributed by atoms with van der Waals surface area (Å²) < 4.78 is 0. The van der Waals surface area contributed by atoms with Crippen molar-refractivity contribution in [1.29, 1.82) is 0 Å². The summed E-state index contributed by atoms with van der Waals surface area (Å²) in [7, 11) is 2.18. The molecule has 0 radical (unpaired) electrons. The molecule has 64 valence electrons. The van der Waals surface area contributed by atoms with E-state index in [1.165, 1.54) is 25.9 Å². The van der Waals surface area contributed by atoms with E-state index in [9.17, 15) is 0 Å². The maximum Gasteiger partial charge on any atom is 0.0198 e. The number of nitrogens with zero attached hydrogens (tertiary/aromatic N) is 1. The molecule has 0 bridgehead atoms. The van der Waals surface area contributed by atoms with Crippen molar-refractivity contribution >= 4 is 0 Å². The molecule has 1 fully saturated rings. The van der Waals surface area contributed by atoms with Crippen LogP contribution in [0.15, 0.2) is 12.7 Å². The Hall–Kier alpha value is -0.340. The van der Waals surface area contributed by atoms with E-state index in [0.29, 0.717) is 6.04 Å².